The van der Waals surface area contributed by atoms with Crippen molar-refractivity contribution in [1.82, 2.24) is 10.0 Å². The first-order valence-corrected chi connectivity index (χ1v) is 7.02. The summed E-state index contributed by atoms with van der Waals surface area (Å²) in [5.74, 6) is -0.162. The highest BCUT2D eigenvalue weighted by molar-refractivity contribution is 5.82. The number of rotatable bonds is 3. The summed E-state index contributed by atoms with van der Waals surface area (Å²) in [4.78, 5) is 0. The van der Waals surface area contributed by atoms with Gasteiger partial charge in [0.05, 0.1) is 19.5 Å². The molecule has 7 nitrogen and oxygen atoms in total. The lowest BCUT2D eigenvalue weighted by molar-refractivity contribution is -0.510. The Labute approximate surface area is 133 Å². The van der Waals surface area contributed by atoms with Crippen molar-refractivity contribution in [2.75, 3.05) is 0 Å². The fraction of sp³-hybridized carbons (Fsp3) is 0.0625. The number of aromatic nitrogens is 2. The number of pyridine rings is 1. The summed E-state index contributed by atoms with van der Waals surface area (Å²) in [6.45, 7) is 0. The Morgan fingerprint density at radius 2 is 2.04 bits per heavy atom. The number of benzene rings is 1. The zero-order valence-electron chi connectivity index (χ0n) is 12.6. The van der Waals surface area contributed by atoms with Gasteiger partial charge in [-0.15, -0.1) is 5.10 Å². The summed E-state index contributed by atoms with van der Waals surface area (Å²) in [5.41, 5.74) is 11.2. The third-order valence-corrected chi connectivity index (χ3v) is 3.53. The van der Waals surface area contributed by atoms with Crippen molar-refractivity contribution in [2.45, 2.75) is 0 Å². The minimum absolute atomic E-state index is 0.162. The number of nitrogens with zero attached hydrogens (tertiary/aromatic N) is 4. The van der Waals surface area contributed by atoms with Crippen LogP contribution in [0, 0.1) is 0 Å². The molecule has 0 atom stereocenters. The average Bonchev–Trinajstić information content (AvgIpc) is 2.93. The van der Waals surface area contributed by atoms with Crippen molar-refractivity contribution in [2.24, 2.45) is 23.0 Å². The van der Waals surface area contributed by atoms with E-state index in [0.29, 0.717) is 0 Å². The Bertz CT molecular complexity index is 879. The highest BCUT2D eigenvalue weighted by Crippen LogP contribution is 2.19. The number of nitrogens with one attached hydrogen (secondary N) is 1. The minimum atomic E-state index is -0.162. The van der Waals surface area contributed by atoms with E-state index in [-0.39, 0.29) is 5.96 Å². The number of guanidine groups is 1. The van der Waals surface area contributed by atoms with E-state index in [0.717, 1.165) is 22.5 Å². The van der Waals surface area contributed by atoms with Gasteiger partial charge in [-0.1, -0.05) is 18.2 Å². The molecule has 0 aliphatic heterocycles. The molecule has 1 aromatic carbocycles. The normalized spacial score (nSPS) is 12.2. The van der Waals surface area contributed by atoms with Crippen LogP contribution in [0.1, 0.15) is 5.56 Å². The largest absolute Gasteiger partial charge is 0.367 e. The van der Waals surface area contributed by atoms with Crippen LogP contribution in [0.2, 0.25) is 0 Å². The highest BCUT2D eigenvalue weighted by Gasteiger charge is 2.14. The van der Waals surface area contributed by atoms with E-state index < -0.39 is 0 Å². The second-order valence-corrected chi connectivity index (χ2v) is 5.00. The van der Waals surface area contributed by atoms with Gasteiger partial charge >= 0.3 is 0 Å². The van der Waals surface area contributed by atoms with Crippen molar-refractivity contribution >= 4 is 17.8 Å². The van der Waals surface area contributed by atoms with Gasteiger partial charge < -0.3 is 5.73 Å². The molecule has 0 aliphatic rings. The molecule has 7 heteroatoms. The molecule has 2 heterocycles. The molecule has 0 aliphatic carbocycles. The smallest absolute Gasteiger partial charge is 0.286 e. The minimum Gasteiger partial charge on any atom is -0.367 e. The summed E-state index contributed by atoms with van der Waals surface area (Å²) < 4.78 is 4.23. The van der Waals surface area contributed by atoms with Crippen molar-refractivity contribution in [3.63, 3.8) is 0 Å². The van der Waals surface area contributed by atoms with Crippen LogP contribution >= 0.6 is 0 Å². The molecule has 4 N–H and O–H groups in total. The Hall–Kier alpha value is -3.19. The maximum atomic E-state index is 8.50. The second-order valence-electron chi connectivity index (χ2n) is 5.00. The second kappa shape index (κ2) is 6.29. The molecule has 0 fully saturated rings. The molecular weight excluding hydrogens is 292 g/mol. The Morgan fingerprint density at radius 1 is 1.26 bits per heavy atom. The number of hydrogen-bond donors (Lipinski definition) is 3. The van der Waals surface area contributed by atoms with E-state index in [2.05, 4.69) is 31.4 Å². The first-order valence-electron chi connectivity index (χ1n) is 7.02. The molecule has 0 saturated heterocycles. The van der Waals surface area contributed by atoms with Gasteiger partial charge in [-0.3, -0.25) is 5.21 Å². The predicted molar refractivity (Wildman–Crippen MR) is 88.1 cm³/mol. The number of fused-ring (bicyclic) bond motifs is 1. The first kappa shape index (κ1) is 14.7. The molecule has 0 radical (unpaired) electrons. The molecular formula is C16H17N6O+. The van der Waals surface area contributed by atoms with E-state index in [1.807, 2.05) is 49.6 Å². The molecule has 116 valence electrons. The summed E-state index contributed by atoms with van der Waals surface area (Å²) in [6.07, 6.45) is 5.68. The molecule has 2 aromatic heterocycles. The standard InChI is InChI=1S/C16H17N6O/c1-21-14(11-22-9-3-2-4-15(21)22)13-7-5-12(6-8-13)10-18-19-16(17)20-23/h2-11,23H,1H3,(H3,17,19,20)/q+1. The summed E-state index contributed by atoms with van der Waals surface area (Å²) in [6, 6.07) is 14.0. The Morgan fingerprint density at radius 3 is 2.74 bits per heavy atom. The molecule has 23 heavy (non-hydrogen) atoms. The third kappa shape index (κ3) is 3.04. The lowest BCUT2D eigenvalue weighted by Crippen LogP contribution is -2.27. The van der Waals surface area contributed by atoms with Gasteiger partial charge in [-0.2, -0.15) is 5.10 Å². The topological polar surface area (TPSA) is 92.0 Å². The number of aryl methyl sites for hydroxylation is 1. The fourth-order valence-corrected chi connectivity index (χ4v) is 2.37. The van der Waals surface area contributed by atoms with Gasteiger partial charge in [0.2, 0.25) is 5.96 Å². The molecule has 3 rings (SSSR count). The van der Waals surface area contributed by atoms with Gasteiger partial charge in [-0.05, 0) is 23.8 Å². The van der Waals surface area contributed by atoms with Gasteiger partial charge in [0.15, 0.2) is 5.69 Å². The molecule has 3 aromatic rings. The van der Waals surface area contributed by atoms with Gasteiger partial charge in [-0.25, -0.2) is 14.4 Å². The van der Waals surface area contributed by atoms with Crippen LogP contribution < -0.4 is 15.6 Å². The number of hydrogen-bond acceptors (Lipinski definition) is 3. The van der Waals surface area contributed by atoms with Crippen molar-refractivity contribution < 1.29 is 9.61 Å². The van der Waals surface area contributed by atoms with Gasteiger partial charge in [0.1, 0.15) is 6.20 Å². The number of nitrogens with two attached hydrogens (primary N) is 1. The van der Waals surface area contributed by atoms with Crippen LogP contribution in [0.15, 0.2) is 65.1 Å². The monoisotopic (exact) mass is 309 g/mol. The van der Waals surface area contributed by atoms with Crippen molar-refractivity contribution in [3.05, 3.63) is 60.4 Å². The SMILES string of the molecule is Cn1c(-c2ccc(C=NN=C(N)NO)cc2)c[n+]2ccccc12. The van der Waals surface area contributed by atoms with E-state index >= 15 is 0 Å². The summed E-state index contributed by atoms with van der Waals surface area (Å²) in [7, 11) is 2.04. The predicted octanol–water partition coefficient (Wildman–Crippen LogP) is 1.06. The van der Waals surface area contributed by atoms with E-state index in [1.54, 1.807) is 11.7 Å². The van der Waals surface area contributed by atoms with Crippen LogP contribution in [0.3, 0.4) is 0 Å². The highest BCUT2D eigenvalue weighted by atomic mass is 16.5. The van der Waals surface area contributed by atoms with Crippen LogP contribution in [-0.2, 0) is 7.05 Å². The van der Waals surface area contributed by atoms with Crippen molar-refractivity contribution in [3.8, 4) is 11.3 Å². The first-order chi connectivity index (χ1) is 11.2. The maximum Gasteiger partial charge on any atom is 0.286 e. The fourth-order valence-electron chi connectivity index (χ4n) is 2.37. The Balaban J connectivity index is 1.88. The number of imidazole rings is 1. The lowest BCUT2D eigenvalue weighted by atomic mass is 10.1. The summed E-state index contributed by atoms with van der Waals surface area (Å²) >= 11 is 0. The molecule has 0 saturated carbocycles. The molecule has 0 amide bonds. The third-order valence-electron chi connectivity index (χ3n) is 3.53. The van der Waals surface area contributed by atoms with Crippen LogP contribution in [0.5, 0.6) is 0 Å². The zero-order chi connectivity index (χ0) is 16.2. The van der Waals surface area contributed by atoms with Crippen molar-refractivity contribution in [1.29, 1.82) is 0 Å². The van der Waals surface area contributed by atoms with E-state index in [1.165, 1.54) is 0 Å². The number of hydroxylamine groups is 1. The average molecular weight is 309 g/mol. The molecule has 0 bridgehead atoms. The van der Waals surface area contributed by atoms with Crippen LogP contribution in [0.4, 0.5) is 0 Å². The summed E-state index contributed by atoms with van der Waals surface area (Å²) in [5, 5.41) is 15.8. The van der Waals surface area contributed by atoms with Crippen LogP contribution in [0.25, 0.3) is 16.9 Å². The quantitative estimate of drug-likeness (QED) is 0.292. The molecule has 0 spiro atoms. The van der Waals surface area contributed by atoms with Gasteiger partial charge in [0.25, 0.3) is 5.65 Å². The van der Waals surface area contributed by atoms with E-state index in [9.17, 15) is 0 Å². The van der Waals surface area contributed by atoms with Gasteiger partial charge in [0, 0.05) is 11.6 Å². The maximum absolute atomic E-state index is 8.50. The van der Waals surface area contributed by atoms with Crippen LogP contribution in [-0.4, -0.2) is 21.9 Å². The van der Waals surface area contributed by atoms with E-state index in [4.69, 9.17) is 10.9 Å². The zero-order valence-corrected chi connectivity index (χ0v) is 12.6. The Kier molecular flexibility index (Phi) is 4.03. The lowest BCUT2D eigenvalue weighted by Gasteiger charge is -1.98. The molecule has 0 unspecified atom stereocenters.